The SMILES string of the molecule is CS(=O)(=O)c1cccc(Cl)c1CNC1(CO)CCOCC1. The number of halogens is 1. The molecule has 118 valence electrons. The van der Waals surface area contributed by atoms with E-state index in [4.69, 9.17) is 16.3 Å². The summed E-state index contributed by atoms with van der Waals surface area (Å²) in [5.41, 5.74) is 0.104. The van der Waals surface area contributed by atoms with Crippen molar-refractivity contribution in [2.24, 2.45) is 0 Å². The van der Waals surface area contributed by atoms with Gasteiger partial charge in [0, 0.05) is 42.1 Å². The molecule has 1 heterocycles. The first-order valence-corrected chi connectivity index (χ1v) is 9.06. The summed E-state index contributed by atoms with van der Waals surface area (Å²) in [6.45, 7) is 1.43. The fourth-order valence-electron chi connectivity index (χ4n) is 2.49. The summed E-state index contributed by atoms with van der Waals surface area (Å²) in [7, 11) is -3.35. The number of hydrogen-bond acceptors (Lipinski definition) is 5. The molecule has 0 saturated carbocycles. The Labute approximate surface area is 130 Å². The van der Waals surface area contributed by atoms with Gasteiger partial charge in [0.25, 0.3) is 0 Å². The van der Waals surface area contributed by atoms with Crippen LogP contribution in [-0.2, 0) is 21.1 Å². The van der Waals surface area contributed by atoms with Crippen LogP contribution in [0.3, 0.4) is 0 Å². The molecule has 0 bridgehead atoms. The lowest BCUT2D eigenvalue weighted by molar-refractivity contribution is 0.0111. The normalized spacial score (nSPS) is 18.6. The van der Waals surface area contributed by atoms with Crippen molar-refractivity contribution in [2.45, 2.75) is 29.8 Å². The predicted molar refractivity (Wildman–Crippen MR) is 81.3 cm³/mol. The first-order valence-electron chi connectivity index (χ1n) is 6.79. The number of ether oxygens (including phenoxy) is 1. The van der Waals surface area contributed by atoms with Crippen LogP contribution >= 0.6 is 11.6 Å². The van der Waals surface area contributed by atoms with Gasteiger partial charge in [-0.05, 0) is 25.0 Å². The van der Waals surface area contributed by atoms with Crippen molar-refractivity contribution >= 4 is 21.4 Å². The third kappa shape index (κ3) is 3.96. The van der Waals surface area contributed by atoms with E-state index in [1.54, 1.807) is 18.2 Å². The number of aliphatic hydroxyl groups is 1. The van der Waals surface area contributed by atoms with Crippen LogP contribution in [0.2, 0.25) is 5.02 Å². The Hall–Kier alpha value is -0.660. The van der Waals surface area contributed by atoms with Crippen LogP contribution in [0.5, 0.6) is 0 Å². The van der Waals surface area contributed by atoms with E-state index in [9.17, 15) is 13.5 Å². The fraction of sp³-hybridized carbons (Fsp3) is 0.571. The minimum Gasteiger partial charge on any atom is -0.394 e. The molecule has 0 aliphatic carbocycles. The van der Waals surface area contributed by atoms with Gasteiger partial charge in [0.2, 0.25) is 0 Å². The van der Waals surface area contributed by atoms with Crippen LogP contribution in [0.25, 0.3) is 0 Å². The van der Waals surface area contributed by atoms with Crippen molar-refractivity contribution in [2.75, 3.05) is 26.1 Å². The molecule has 7 heteroatoms. The van der Waals surface area contributed by atoms with E-state index in [-0.39, 0.29) is 11.5 Å². The zero-order valence-corrected chi connectivity index (χ0v) is 13.5. The molecule has 0 radical (unpaired) electrons. The average Bonchev–Trinajstić information content (AvgIpc) is 2.46. The molecule has 2 N–H and O–H groups in total. The van der Waals surface area contributed by atoms with Crippen molar-refractivity contribution in [1.82, 2.24) is 5.32 Å². The van der Waals surface area contributed by atoms with Crippen LogP contribution < -0.4 is 5.32 Å². The van der Waals surface area contributed by atoms with Crippen LogP contribution in [-0.4, -0.2) is 45.1 Å². The number of nitrogens with one attached hydrogen (secondary N) is 1. The zero-order valence-electron chi connectivity index (χ0n) is 11.9. The first kappa shape index (κ1) is 16.7. The monoisotopic (exact) mass is 333 g/mol. The molecular formula is C14H20ClNO4S. The Bertz CT molecular complexity index is 597. The van der Waals surface area contributed by atoms with Gasteiger partial charge in [0.05, 0.1) is 11.5 Å². The van der Waals surface area contributed by atoms with Crippen molar-refractivity contribution in [3.63, 3.8) is 0 Å². The maximum absolute atomic E-state index is 11.9. The first-order chi connectivity index (χ1) is 9.88. The van der Waals surface area contributed by atoms with E-state index in [1.165, 1.54) is 6.26 Å². The number of aliphatic hydroxyl groups excluding tert-OH is 1. The molecule has 1 saturated heterocycles. The average molecular weight is 334 g/mol. The van der Waals surface area contributed by atoms with E-state index >= 15 is 0 Å². The smallest absolute Gasteiger partial charge is 0.175 e. The molecular weight excluding hydrogens is 314 g/mol. The number of hydrogen-bond donors (Lipinski definition) is 2. The lowest BCUT2D eigenvalue weighted by Gasteiger charge is -2.36. The van der Waals surface area contributed by atoms with Gasteiger partial charge in [-0.2, -0.15) is 0 Å². The van der Waals surface area contributed by atoms with Gasteiger partial charge in [0.1, 0.15) is 0 Å². The summed E-state index contributed by atoms with van der Waals surface area (Å²) < 4.78 is 29.0. The third-order valence-electron chi connectivity index (χ3n) is 3.87. The molecule has 5 nitrogen and oxygen atoms in total. The van der Waals surface area contributed by atoms with Crippen molar-refractivity contribution in [3.8, 4) is 0 Å². The lowest BCUT2D eigenvalue weighted by Crippen LogP contribution is -2.52. The summed E-state index contributed by atoms with van der Waals surface area (Å²) >= 11 is 6.15. The van der Waals surface area contributed by atoms with Crippen molar-refractivity contribution in [3.05, 3.63) is 28.8 Å². The van der Waals surface area contributed by atoms with E-state index < -0.39 is 15.4 Å². The van der Waals surface area contributed by atoms with Crippen LogP contribution in [0, 0.1) is 0 Å². The van der Waals surface area contributed by atoms with Gasteiger partial charge in [0.15, 0.2) is 9.84 Å². The second-order valence-electron chi connectivity index (χ2n) is 5.39. The minimum atomic E-state index is -3.35. The van der Waals surface area contributed by atoms with Gasteiger partial charge in [-0.15, -0.1) is 0 Å². The Morgan fingerprint density at radius 3 is 2.62 bits per heavy atom. The Morgan fingerprint density at radius 1 is 1.38 bits per heavy atom. The maximum atomic E-state index is 11.9. The van der Waals surface area contributed by atoms with E-state index in [0.717, 1.165) is 0 Å². The van der Waals surface area contributed by atoms with E-state index in [2.05, 4.69) is 5.32 Å². The van der Waals surface area contributed by atoms with E-state index in [0.29, 0.717) is 43.2 Å². The number of sulfone groups is 1. The second kappa shape index (κ2) is 6.62. The maximum Gasteiger partial charge on any atom is 0.175 e. The van der Waals surface area contributed by atoms with Gasteiger partial charge in [-0.1, -0.05) is 17.7 Å². The van der Waals surface area contributed by atoms with Crippen LogP contribution in [0.4, 0.5) is 0 Å². The standard InChI is InChI=1S/C14H20ClNO4S/c1-21(18,19)13-4-2-3-12(15)11(13)9-16-14(10-17)5-7-20-8-6-14/h2-4,16-17H,5-10H2,1H3. The van der Waals surface area contributed by atoms with E-state index in [1.807, 2.05) is 0 Å². The topological polar surface area (TPSA) is 75.6 Å². The highest BCUT2D eigenvalue weighted by molar-refractivity contribution is 7.90. The summed E-state index contributed by atoms with van der Waals surface area (Å²) in [5, 5.41) is 13.3. The van der Waals surface area contributed by atoms with Crippen molar-refractivity contribution < 1.29 is 18.3 Å². The molecule has 1 fully saturated rings. The molecule has 0 amide bonds. The number of rotatable bonds is 5. The summed E-state index contributed by atoms with van der Waals surface area (Å²) in [6.07, 6.45) is 2.53. The highest BCUT2D eigenvalue weighted by atomic mass is 35.5. The third-order valence-corrected chi connectivity index (χ3v) is 5.40. The molecule has 21 heavy (non-hydrogen) atoms. The Morgan fingerprint density at radius 2 is 2.05 bits per heavy atom. The molecule has 1 aromatic rings. The van der Waals surface area contributed by atoms with Crippen LogP contribution in [0.15, 0.2) is 23.1 Å². The lowest BCUT2D eigenvalue weighted by atomic mass is 9.90. The molecule has 0 spiro atoms. The van der Waals surface area contributed by atoms with Gasteiger partial charge >= 0.3 is 0 Å². The molecule has 0 aromatic heterocycles. The van der Waals surface area contributed by atoms with Crippen LogP contribution in [0.1, 0.15) is 18.4 Å². The summed E-state index contributed by atoms with van der Waals surface area (Å²) in [5.74, 6) is 0. The summed E-state index contributed by atoms with van der Waals surface area (Å²) in [6, 6.07) is 4.84. The molecule has 0 atom stereocenters. The largest absolute Gasteiger partial charge is 0.394 e. The van der Waals surface area contributed by atoms with Gasteiger partial charge in [-0.25, -0.2) is 8.42 Å². The quantitative estimate of drug-likeness (QED) is 0.851. The second-order valence-corrected chi connectivity index (χ2v) is 7.78. The highest BCUT2D eigenvalue weighted by Crippen LogP contribution is 2.26. The minimum absolute atomic E-state index is 0.0188. The zero-order chi connectivity index (χ0) is 15.5. The van der Waals surface area contributed by atoms with Gasteiger partial charge in [-0.3, -0.25) is 0 Å². The molecule has 0 unspecified atom stereocenters. The molecule has 1 aliphatic rings. The molecule has 1 aromatic carbocycles. The molecule has 1 aliphatic heterocycles. The Balaban J connectivity index is 2.23. The molecule has 2 rings (SSSR count). The summed E-state index contributed by atoms with van der Waals surface area (Å²) in [4.78, 5) is 0.225. The van der Waals surface area contributed by atoms with Gasteiger partial charge < -0.3 is 15.2 Å². The van der Waals surface area contributed by atoms with Crippen molar-refractivity contribution in [1.29, 1.82) is 0 Å². The number of benzene rings is 1. The Kier molecular flexibility index (Phi) is 5.27. The fourth-order valence-corrected chi connectivity index (χ4v) is 3.74. The predicted octanol–water partition coefficient (Wildman–Crippen LogP) is 1.37. The highest BCUT2D eigenvalue weighted by Gasteiger charge is 2.32.